The minimum atomic E-state index is -1.26. The number of carbonyl (C=O) groups excluding carboxylic acids is 2. The predicted octanol–water partition coefficient (Wildman–Crippen LogP) is 2.80. The lowest BCUT2D eigenvalue weighted by Gasteiger charge is -2.21. The normalized spacial score (nSPS) is 21.1. The highest BCUT2D eigenvalue weighted by Crippen LogP contribution is 2.48. The molecule has 0 radical (unpaired) electrons. The molecule has 0 amide bonds. The Hall–Kier alpha value is -4.24. The van der Waals surface area contributed by atoms with E-state index in [9.17, 15) is 34.5 Å². The standard InChI is InChI=1S/C25H18O9/c1-3-4-15-25(2,34-15)16-9-14(28)18-10(8-17(29)30)7-11-19(24(18)33-16)23(32)21-13(27)6-5-12(26)20(21)22(11)31/h3-7,9,15,26-27H,8H2,1-2H3,(H,29,30)/b4-3+/t15-,25-/m0/s1. The van der Waals surface area contributed by atoms with Crippen LogP contribution in [0.4, 0.5) is 0 Å². The van der Waals surface area contributed by atoms with E-state index < -0.39 is 57.6 Å². The van der Waals surface area contributed by atoms with Crippen molar-refractivity contribution in [2.45, 2.75) is 32.0 Å². The molecule has 9 heteroatoms. The zero-order valence-corrected chi connectivity index (χ0v) is 18.0. The first kappa shape index (κ1) is 21.6. The van der Waals surface area contributed by atoms with E-state index in [1.807, 2.05) is 0 Å². The molecule has 1 fully saturated rings. The molecule has 0 saturated carbocycles. The molecular weight excluding hydrogens is 444 g/mol. The Bertz CT molecular complexity index is 1540. The Balaban J connectivity index is 1.87. The van der Waals surface area contributed by atoms with Crippen LogP contribution in [0.1, 0.15) is 57.0 Å². The van der Waals surface area contributed by atoms with Gasteiger partial charge in [-0.3, -0.25) is 19.2 Å². The van der Waals surface area contributed by atoms with Crippen molar-refractivity contribution >= 4 is 28.5 Å². The molecule has 2 atom stereocenters. The van der Waals surface area contributed by atoms with E-state index in [1.165, 1.54) is 6.07 Å². The molecule has 34 heavy (non-hydrogen) atoms. The molecule has 2 heterocycles. The van der Waals surface area contributed by atoms with E-state index >= 15 is 0 Å². The van der Waals surface area contributed by atoms with Crippen molar-refractivity contribution in [1.82, 2.24) is 0 Å². The number of aromatic hydroxyl groups is 2. The minimum Gasteiger partial charge on any atom is -0.507 e. The number of phenolic OH excluding ortho intramolecular Hbond substituents is 2. The van der Waals surface area contributed by atoms with Crippen LogP contribution in [0.15, 0.2) is 45.6 Å². The number of carboxylic acids is 1. The Morgan fingerprint density at radius 1 is 1.06 bits per heavy atom. The highest BCUT2D eigenvalue weighted by atomic mass is 16.6. The number of carbonyl (C=O) groups is 3. The summed E-state index contributed by atoms with van der Waals surface area (Å²) >= 11 is 0. The summed E-state index contributed by atoms with van der Waals surface area (Å²) in [5.41, 5.74) is -3.20. The lowest BCUT2D eigenvalue weighted by Crippen LogP contribution is -2.24. The average molecular weight is 462 g/mol. The van der Waals surface area contributed by atoms with Crippen molar-refractivity contribution in [1.29, 1.82) is 0 Å². The summed E-state index contributed by atoms with van der Waals surface area (Å²) in [6.07, 6.45) is 2.56. The summed E-state index contributed by atoms with van der Waals surface area (Å²) in [6, 6.07) is 4.51. The van der Waals surface area contributed by atoms with Crippen LogP contribution in [0.5, 0.6) is 11.5 Å². The molecule has 9 nitrogen and oxygen atoms in total. The Morgan fingerprint density at radius 2 is 1.71 bits per heavy atom. The summed E-state index contributed by atoms with van der Waals surface area (Å²) in [7, 11) is 0. The van der Waals surface area contributed by atoms with E-state index in [0.29, 0.717) is 0 Å². The van der Waals surface area contributed by atoms with E-state index in [4.69, 9.17) is 9.15 Å². The lowest BCUT2D eigenvalue weighted by atomic mass is 9.80. The maximum absolute atomic E-state index is 13.5. The fourth-order valence-electron chi connectivity index (χ4n) is 4.49. The number of ketones is 2. The Labute approximate surface area is 191 Å². The Kier molecular flexibility index (Phi) is 4.53. The van der Waals surface area contributed by atoms with E-state index in [1.54, 1.807) is 26.0 Å². The van der Waals surface area contributed by atoms with Crippen LogP contribution >= 0.6 is 0 Å². The van der Waals surface area contributed by atoms with Gasteiger partial charge in [0.05, 0.1) is 28.5 Å². The molecule has 1 saturated heterocycles. The molecule has 3 aromatic rings. The number of phenols is 2. The number of allylic oxidation sites excluding steroid dienone is 1. The van der Waals surface area contributed by atoms with Gasteiger partial charge in [0.2, 0.25) is 5.78 Å². The van der Waals surface area contributed by atoms with Gasteiger partial charge in [0, 0.05) is 11.6 Å². The zero-order valence-electron chi connectivity index (χ0n) is 18.0. The number of ether oxygens (including phenoxy) is 1. The van der Waals surface area contributed by atoms with Crippen LogP contribution in [-0.2, 0) is 21.6 Å². The smallest absolute Gasteiger partial charge is 0.307 e. The third-order valence-electron chi connectivity index (χ3n) is 6.23. The number of epoxide rings is 1. The first-order valence-corrected chi connectivity index (χ1v) is 10.4. The average Bonchev–Trinajstić information content (AvgIpc) is 3.43. The van der Waals surface area contributed by atoms with Crippen LogP contribution in [0.3, 0.4) is 0 Å². The summed E-state index contributed by atoms with van der Waals surface area (Å²) in [4.78, 5) is 51.5. The summed E-state index contributed by atoms with van der Waals surface area (Å²) in [5, 5.41) is 29.8. The predicted molar refractivity (Wildman–Crippen MR) is 117 cm³/mol. The number of aliphatic carboxylic acids is 1. The highest BCUT2D eigenvalue weighted by molar-refractivity contribution is 6.33. The zero-order chi connectivity index (χ0) is 24.5. The quantitative estimate of drug-likeness (QED) is 0.236. The van der Waals surface area contributed by atoms with Gasteiger partial charge in [0.15, 0.2) is 16.8 Å². The van der Waals surface area contributed by atoms with Crippen molar-refractivity contribution in [2.75, 3.05) is 0 Å². The number of carboxylic acid groups (broad SMARTS) is 1. The summed E-state index contributed by atoms with van der Waals surface area (Å²) in [6.45, 7) is 3.50. The third kappa shape index (κ3) is 2.90. The van der Waals surface area contributed by atoms with Gasteiger partial charge in [-0.15, -0.1) is 0 Å². The van der Waals surface area contributed by atoms with Crippen LogP contribution in [0, 0.1) is 0 Å². The lowest BCUT2D eigenvalue weighted by molar-refractivity contribution is -0.136. The van der Waals surface area contributed by atoms with E-state index in [-0.39, 0.29) is 39.5 Å². The van der Waals surface area contributed by atoms with E-state index in [2.05, 4.69) is 0 Å². The molecule has 0 unspecified atom stereocenters. The monoisotopic (exact) mass is 462 g/mol. The van der Waals surface area contributed by atoms with Crippen LogP contribution in [0.25, 0.3) is 11.0 Å². The van der Waals surface area contributed by atoms with Crippen molar-refractivity contribution < 1.29 is 38.9 Å². The molecule has 3 N–H and O–H groups in total. The van der Waals surface area contributed by atoms with Gasteiger partial charge >= 0.3 is 5.97 Å². The van der Waals surface area contributed by atoms with Gasteiger partial charge in [-0.05, 0) is 37.6 Å². The van der Waals surface area contributed by atoms with Gasteiger partial charge in [-0.25, -0.2) is 0 Å². The Morgan fingerprint density at radius 3 is 2.32 bits per heavy atom. The second-order valence-electron chi connectivity index (χ2n) is 8.39. The van der Waals surface area contributed by atoms with Crippen molar-refractivity contribution in [3.63, 3.8) is 0 Å². The SMILES string of the molecule is C/C=C/[C@@H]1O[C@]1(C)c1cc(=O)c2c(CC(=O)O)cc3c(c2o1)C(=O)c1c(O)ccc(O)c1C3=O. The van der Waals surface area contributed by atoms with Crippen molar-refractivity contribution in [2.24, 2.45) is 0 Å². The largest absolute Gasteiger partial charge is 0.507 e. The molecule has 2 aromatic carbocycles. The van der Waals surface area contributed by atoms with E-state index in [0.717, 1.165) is 18.2 Å². The molecule has 0 spiro atoms. The van der Waals surface area contributed by atoms with Crippen LogP contribution in [-0.4, -0.2) is 39.0 Å². The molecule has 172 valence electrons. The van der Waals surface area contributed by atoms with Gasteiger partial charge < -0.3 is 24.5 Å². The summed E-state index contributed by atoms with van der Waals surface area (Å²) in [5.74, 6) is -3.83. The molecule has 0 bridgehead atoms. The molecule has 1 aliphatic heterocycles. The first-order chi connectivity index (χ1) is 16.1. The van der Waals surface area contributed by atoms with Crippen LogP contribution in [0.2, 0.25) is 0 Å². The minimum absolute atomic E-state index is 0.0161. The van der Waals surface area contributed by atoms with Crippen molar-refractivity contribution in [3.05, 3.63) is 80.2 Å². The van der Waals surface area contributed by atoms with Crippen molar-refractivity contribution in [3.8, 4) is 11.5 Å². The van der Waals surface area contributed by atoms with Gasteiger partial charge in [0.25, 0.3) is 0 Å². The number of benzene rings is 2. The van der Waals surface area contributed by atoms with Gasteiger partial charge in [-0.1, -0.05) is 12.2 Å². The molecule has 1 aliphatic carbocycles. The number of fused-ring (bicyclic) bond motifs is 4. The molecular formula is C25H18O9. The van der Waals surface area contributed by atoms with Crippen LogP contribution < -0.4 is 5.43 Å². The second-order valence-corrected chi connectivity index (χ2v) is 8.39. The maximum Gasteiger partial charge on any atom is 0.307 e. The molecule has 1 aromatic heterocycles. The second kappa shape index (κ2) is 7.13. The maximum atomic E-state index is 13.5. The van der Waals surface area contributed by atoms with Gasteiger partial charge in [-0.2, -0.15) is 0 Å². The summed E-state index contributed by atoms with van der Waals surface area (Å²) < 4.78 is 11.7. The van der Waals surface area contributed by atoms with Gasteiger partial charge in [0.1, 0.15) is 28.9 Å². The first-order valence-electron chi connectivity index (χ1n) is 10.4. The highest BCUT2D eigenvalue weighted by Gasteiger charge is 2.55. The molecule has 5 rings (SSSR count). The fourth-order valence-corrected chi connectivity index (χ4v) is 4.49. The number of hydrogen-bond acceptors (Lipinski definition) is 8. The molecule has 2 aliphatic rings. The topological polar surface area (TPSA) is 155 Å². The number of hydrogen-bond donors (Lipinski definition) is 3. The number of rotatable bonds is 4. The third-order valence-corrected chi connectivity index (χ3v) is 6.23. The fraction of sp³-hybridized carbons (Fsp3) is 0.200.